The van der Waals surface area contributed by atoms with Crippen LogP contribution in [-0.2, 0) is 0 Å². The summed E-state index contributed by atoms with van der Waals surface area (Å²) < 4.78 is 19.0. The summed E-state index contributed by atoms with van der Waals surface area (Å²) in [5, 5.41) is 3.51. The number of hydrazone groups is 1. The molecule has 192 valence electrons. The minimum Gasteiger partial charge on any atom is -0.494 e. The van der Waals surface area contributed by atoms with Crippen LogP contribution >= 0.6 is 45.2 Å². The number of hydrogen-bond acceptors (Lipinski definition) is 6. The molecule has 0 radical (unpaired) electrons. The number of carbonyl (C=O) groups excluding carboxylic acids is 1. The first-order valence-electron chi connectivity index (χ1n) is 11.7. The standard InChI is InChI=1S/C26H35I2N3O4/c1-19(16-27)31(20(2)17-28)26(32)22-9-12-24(25(15-22)33-3)35-14-6-4-5-13-34-23-10-7-21(8-11-23)18-30-29/h7-12,15,18-20H,4-6,13-14,16-17,29H2,1-3H3. The van der Waals surface area contributed by atoms with Crippen molar-refractivity contribution in [1.82, 2.24) is 4.90 Å². The third kappa shape index (κ3) is 9.32. The van der Waals surface area contributed by atoms with Gasteiger partial charge in [0.15, 0.2) is 11.5 Å². The number of alkyl halides is 2. The van der Waals surface area contributed by atoms with Gasteiger partial charge in [-0.3, -0.25) is 4.79 Å². The van der Waals surface area contributed by atoms with Crippen molar-refractivity contribution in [2.24, 2.45) is 10.9 Å². The second kappa shape index (κ2) is 16.1. The lowest BCUT2D eigenvalue weighted by atomic mass is 10.1. The molecule has 2 unspecified atom stereocenters. The number of halogens is 2. The summed E-state index contributed by atoms with van der Waals surface area (Å²) in [6.07, 6.45) is 4.40. The van der Waals surface area contributed by atoms with E-state index in [1.165, 1.54) is 0 Å². The summed E-state index contributed by atoms with van der Waals surface area (Å²) in [6, 6.07) is 13.4. The molecule has 0 saturated carbocycles. The predicted octanol–water partition coefficient (Wildman–Crippen LogP) is 5.71. The number of hydrogen-bond donors (Lipinski definition) is 1. The molecule has 0 aliphatic rings. The van der Waals surface area contributed by atoms with E-state index in [9.17, 15) is 4.79 Å². The molecule has 2 aromatic rings. The first-order valence-corrected chi connectivity index (χ1v) is 14.7. The van der Waals surface area contributed by atoms with Gasteiger partial charge in [0.05, 0.1) is 26.5 Å². The maximum atomic E-state index is 13.2. The van der Waals surface area contributed by atoms with Gasteiger partial charge in [-0.1, -0.05) is 45.2 Å². The lowest BCUT2D eigenvalue weighted by Crippen LogP contribution is -2.46. The molecule has 0 spiro atoms. The van der Waals surface area contributed by atoms with Crippen molar-refractivity contribution in [2.75, 3.05) is 29.2 Å². The van der Waals surface area contributed by atoms with Crippen molar-refractivity contribution in [3.63, 3.8) is 0 Å². The van der Waals surface area contributed by atoms with Gasteiger partial charge in [-0.2, -0.15) is 5.10 Å². The highest BCUT2D eigenvalue weighted by Gasteiger charge is 2.26. The fourth-order valence-corrected chi connectivity index (χ4v) is 4.39. The van der Waals surface area contributed by atoms with E-state index in [4.69, 9.17) is 20.1 Å². The topological polar surface area (TPSA) is 86.4 Å². The number of methoxy groups -OCH3 is 1. The van der Waals surface area contributed by atoms with Crippen molar-refractivity contribution in [3.05, 3.63) is 53.6 Å². The van der Waals surface area contributed by atoms with Crippen LogP contribution in [0.15, 0.2) is 47.6 Å². The van der Waals surface area contributed by atoms with E-state index in [2.05, 4.69) is 64.1 Å². The minimum atomic E-state index is 0.0188. The van der Waals surface area contributed by atoms with E-state index in [1.54, 1.807) is 19.4 Å². The third-order valence-corrected chi connectivity index (χ3v) is 8.01. The molecule has 9 heteroatoms. The van der Waals surface area contributed by atoms with Crippen LogP contribution < -0.4 is 20.1 Å². The van der Waals surface area contributed by atoms with Crippen molar-refractivity contribution < 1.29 is 19.0 Å². The minimum absolute atomic E-state index is 0.0188. The number of nitrogens with two attached hydrogens (primary N) is 1. The molecule has 2 aromatic carbocycles. The number of rotatable bonds is 15. The number of nitrogens with zero attached hydrogens (tertiary/aromatic N) is 2. The van der Waals surface area contributed by atoms with Gasteiger partial charge in [-0.25, -0.2) is 0 Å². The molecule has 0 aliphatic carbocycles. The molecular weight excluding hydrogens is 672 g/mol. The Balaban J connectivity index is 1.82. The first kappa shape index (κ1) is 29.5. The average molecular weight is 707 g/mol. The summed E-state index contributed by atoms with van der Waals surface area (Å²) in [6.45, 7) is 5.38. The Hall–Kier alpha value is -1.76. The maximum absolute atomic E-state index is 13.2. The van der Waals surface area contributed by atoms with Gasteiger partial charge in [0, 0.05) is 26.5 Å². The highest BCUT2D eigenvalue weighted by atomic mass is 127. The Kier molecular flexibility index (Phi) is 13.5. The lowest BCUT2D eigenvalue weighted by molar-refractivity contribution is 0.0656. The van der Waals surface area contributed by atoms with Gasteiger partial charge in [0.25, 0.3) is 5.91 Å². The number of ether oxygens (including phenoxy) is 3. The number of amides is 1. The SMILES string of the molecule is COc1cc(C(=O)N(C(C)CI)C(C)CI)ccc1OCCCCCOc1ccc(C=NN)cc1. The zero-order chi connectivity index (χ0) is 25.6. The normalized spacial score (nSPS) is 12.8. The summed E-state index contributed by atoms with van der Waals surface area (Å²) in [5.41, 5.74) is 1.55. The van der Waals surface area contributed by atoms with E-state index in [1.807, 2.05) is 41.3 Å². The van der Waals surface area contributed by atoms with Crippen molar-refractivity contribution >= 4 is 57.3 Å². The fourth-order valence-electron chi connectivity index (χ4n) is 3.54. The van der Waals surface area contributed by atoms with Crippen LogP contribution in [0, 0.1) is 0 Å². The van der Waals surface area contributed by atoms with Gasteiger partial charge in [0.2, 0.25) is 0 Å². The van der Waals surface area contributed by atoms with Crippen LogP contribution in [0.25, 0.3) is 0 Å². The predicted molar refractivity (Wildman–Crippen MR) is 159 cm³/mol. The van der Waals surface area contributed by atoms with E-state index < -0.39 is 0 Å². The Bertz CT molecular complexity index is 931. The molecule has 2 rings (SSSR count). The van der Waals surface area contributed by atoms with Gasteiger partial charge in [-0.15, -0.1) is 0 Å². The molecule has 0 aliphatic heterocycles. The molecular formula is C26H35I2N3O4. The van der Waals surface area contributed by atoms with Gasteiger partial charge in [0.1, 0.15) is 5.75 Å². The molecule has 0 bridgehead atoms. The molecule has 1 amide bonds. The average Bonchev–Trinajstić information content (AvgIpc) is 2.88. The number of carbonyl (C=O) groups is 1. The summed E-state index contributed by atoms with van der Waals surface area (Å²) in [5.74, 6) is 7.23. The number of benzene rings is 2. The molecule has 0 heterocycles. The van der Waals surface area contributed by atoms with Crippen molar-refractivity contribution in [1.29, 1.82) is 0 Å². The fraction of sp³-hybridized carbons (Fsp3) is 0.462. The van der Waals surface area contributed by atoms with Crippen LogP contribution in [0.1, 0.15) is 49.0 Å². The largest absolute Gasteiger partial charge is 0.494 e. The highest BCUT2D eigenvalue weighted by Crippen LogP contribution is 2.29. The molecule has 0 aromatic heterocycles. The van der Waals surface area contributed by atoms with Crippen LogP contribution in [0.5, 0.6) is 17.2 Å². The summed E-state index contributed by atoms with van der Waals surface area (Å²) in [4.78, 5) is 15.2. The molecule has 2 N–H and O–H groups in total. The second-order valence-electron chi connectivity index (χ2n) is 8.19. The second-order valence-corrected chi connectivity index (χ2v) is 9.95. The zero-order valence-corrected chi connectivity index (χ0v) is 24.9. The monoisotopic (exact) mass is 707 g/mol. The Labute approximate surface area is 236 Å². The summed E-state index contributed by atoms with van der Waals surface area (Å²) in [7, 11) is 1.60. The van der Waals surface area contributed by atoms with E-state index >= 15 is 0 Å². The molecule has 0 fully saturated rings. The third-order valence-electron chi connectivity index (χ3n) is 5.46. The summed E-state index contributed by atoms with van der Waals surface area (Å²) >= 11 is 4.65. The lowest BCUT2D eigenvalue weighted by Gasteiger charge is -2.33. The Morgan fingerprint density at radius 2 is 1.60 bits per heavy atom. The first-order chi connectivity index (χ1) is 16.9. The van der Waals surface area contributed by atoms with Crippen LogP contribution in [-0.4, -0.2) is 58.3 Å². The Morgan fingerprint density at radius 3 is 2.17 bits per heavy atom. The zero-order valence-electron chi connectivity index (χ0n) is 20.6. The van der Waals surface area contributed by atoms with E-state index in [0.29, 0.717) is 30.3 Å². The van der Waals surface area contributed by atoms with E-state index in [0.717, 1.165) is 39.4 Å². The highest BCUT2D eigenvalue weighted by molar-refractivity contribution is 14.1. The number of unbranched alkanes of at least 4 members (excludes halogenated alkanes) is 2. The van der Waals surface area contributed by atoms with Crippen molar-refractivity contribution in [3.8, 4) is 17.2 Å². The smallest absolute Gasteiger partial charge is 0.254 e. The Morgan fingerprint density at radius 1 is 0.971 bits per heavy atom. The van der Waals surface area contributed by atoms with Crippen LogP contribution in [0.3, 0.4) is 0 Å². The molecule has 2 atom stereocenters. The van der Waals surface area contributed by atoms with Gasteiger partial charge < -0.3 is 25.0 Å². The molecule has 7 nitrogen and oxygen atoms in total. The maximum Gasteiger partial charge on any atom is 0.254 e. The van der Waals surface area contributed by atoms with E-state index in [-0.39, 0.29) is 18.0 Å². The van der Waals surface area contributed by atoms with Gasteiger partial charge >= 0.3 is 0 Å². The van der Waals surface area contributed by atoms with Crippen molar-refractivity contribution in [2.45, 2.75) is 45.2 Å². The molecule has 0 saturated heterocycles. The van der Waals surface area contributed by atoms with Gasteiger partial charge in [-0.05, 0) is 81.1 Å². The quantitative estimate of drug-likeness (QED) is 0.0641. The van der Waals surface area contributed by atoms with Crippen LogP contribution in [0.2, 0.25) is 0 Å². The molecule has 35 heavy (non-hydrogen) atoms. The van der Waals surface area contributed by atoms with Crippen LogP contribution in [0.4, 0.5) is 0 Å².